The summed E-state index contributed by atoms with van der Waals surface area (Å²) in [5, 5.41) is 14.9. The van der Waals surface area contributed by atoms with Crippen molar-refractivity contribution in [1.82, 2.24) is 10.4 Å². The number of methoxy groups -OCH3 is 2. The van der Waals surface area contributed by atoms with Crippen molar-refractivity contribution < 1.29 is 9.47 Å². The Kier molecular flexibility index (Phi) is 5.36. The number of fused-ring (bicyclic) bond motifs is 3. The van der Waals surface area contributed by atoms with Crippen LogP contribution in [0.4, 0.5) is 11.5 Å². The van der Waals surface area contributed by atoms with Crippen molar-refractivity contribution in [3.63, 3.8) is 0 Å². The molecule has 4 rings (SSSR count). The molecule has 0 saturated heterocycles. The molecule has 0 fully saturated rings. The summed E-state index contributed by atoms with van der Waals surface area (Å²) in [6.07, 6.45) is 0. The van der Waals surface area contributed by atoms with Crippen LogP contribution in [-0.2, 0) is 0 Å². The summed E-state index contributed by atoms with van der Waals surface area (Å²) >= 11 is 1.65. The minimum atomic E-state index is 0.406. The van der Waals surface area contributed by atoms with Crippen LogP contribution in [0.15, 0.2) is 58.0 Å². The van der Waals surface area contributed by atoms with Gasteiger partial charge in [-0.15, -0.1) is 11.3 Å². The van der Waals surface area contributed by atoms with Crippen LogP contribution in [0.3, 0.4) is 0 Å². The molecule has 30 heavy (non-hydrogen) atoms. The third kappa shape index (κ3) is 3.46. The van der Waals surface area contributed by atoms with Gasteiger partial charge in [-0.05, 0) is 29.6 Å². The highest BCUT2D eigenvalue weighted by Gasteiger charge is 2.14. The van der Waals surface area contributed by atoms with Gasteiger partial charge in [0.15, 0.2) is 5.84 Å². The molecule has 0 atom stereocenters. The van der Waals surface area contributed by atoms with Crippen molar-refractivity contribution in [2.75, 3.05) is 19.5 Å². The zero-order valence-electron chi connectivity index (χ0n) is 16.5. The molecule has 152 valence electrons. The van der Waals surface area contributed by atoms with Crippen LogP contribution in [-0.4, -0.2) is 31.8 Å². The van der Waals surface area contributed by atoms with E-state index in [2.05, 4.69) is 27.7 Å². The molecule has 0 aliphatic heterocycles. The van der Waals surface area contributed by atoms with E-state index in [4.69, 9.17) is 20.3 Å². The number of hydrogen-bond acceptors (Lipinski definition) is 8. The molecule has 8 nitrogen and oxygen atoms in total. The van der Waals surface area contributed by atoms with Crippen molar-refractivity contribution in [1.29, 1.82) is 0 Å². The number of ether oxygens (including phenoxy) is 2. The van der Waals surface area contributed by atoms with Crippen molar-refractivity contribution in [2.45, 2.75) is 0 Å². The fourth-order valence-corrected chi connectivity index (χ4v) is 4.16. The van der Waals surface area contributed by atoms with Crippen LogP contribution in [0.25, 0.3) is 21.0 Å². The van der Waals surface area contributed by atoms with Gasteiger partial charge in [0.25, 0.3) is 0 Å². The van der Waals surface area contributed by atoms with Crippen molar-refractivity contribution in [3.8, 4) is 11.5 Å². The Morgan fingerprint density at radius 2 is 1.97 bits per heavy atom. The fourth-order valence-electron chi connectivity index (χ4n) is 3.23. The molecule has 0 unspecified atom stereocenters. The molecule has 2 aromatic heterocycles. The average Bonchev–Trinajstić information content (AvgIpc) is 3.27. The Labute approximate surface area is 177 Å². The number of benzene rings is 2. The van der Waals surface area contributed by atoms with E-state index >= 15 is 0 Å². The van der Waals surface area contributed by atoms with Gasteiger partial charge < -0.3 is 20.6 Å². The number of hydrazone groups is 2. The number of rotatable bonds is 6. The number of nitrogens with one attached hydrogen (secondary N) is 2. The quantitative estimate of drug-likeness (QED) is 0.188. The summed E-state index contributed by atoms with van der Waals surface area (Å²) < 4.78 is 12.0. The lowest BCUT2D eigenvalue weighted by Gasteiger charge is -2.14. The standard InChI is InChI=1S/C21H20N6O2S/c1-23-27-20(26-22)12-4-6-14-16(10-12)24-21(15-8-9-30-19(14)15)25-17-11-13(28-2)5-7-18(17)29-3/h4-11H,1,22H2,2-3H3,(H,24,25)(H,26,27). The second-order valence-electron chi connectivity index (χ2n) is 6.29. The Balaban J connectivity index is 1.87. The molecule has 0 spiro atoms. The Hall–Kier alpha value is -3.85. The second kappa shape index (κ2) is 8.26. The van der Waals surface area contributed by atoms with Crippen LogP contribution >= 0.6 is 11.3 Å². The molecule has 0 amide bonds. The van der Waals surface area contributed by atoms with E-state index in [1.807, 2.05) is 47.8 Å². The van der Waals surface area contributed by atoms with Gasteiger partial charge in [-0.25, -0.2) is 4.98 Å². The Morgan fingerprint density at radius 1 is 1.10 bits per heavy atom. The van der Waals surface area contributed by atoms with Gasteiger partial charge in [0.1, 0.15) is 17.3 Å². The van der Waals surface area contributed by atoms with Crippen molar-refractivity contribution >= 4 is 56.4 Å². The van der Waals surface area contributed by atoms with Crippen LogP contribution in [0.1, 0.15) is 5.56 Å². The number of aromatic nitrogens is 1. The normalized spacial score (nSPS) is 11.5. The zero-order valence-corrected chi connectivity index (χ0v) is 17.3. The lowest BCUT2D eigenvalue weighted by atomic mass is 10.1. The molecule has 0 radical (unpaired) electrons. The highest BCUT2D eigenvalue weighted by molar-refractivity contribution is 7.18. The van der Waals surface area contributed by atoms with Gasteiger partial charge in [-0.1, -0.05) is 12.1 Å². The van der Waals surface area contributed by atoms with Gasteiger partial charge >= 0.3 is 0 Å². The number of nitrogens with two attached hydrogens (primary N) is 1. The predicted molar refractivity (Wildman–Crippen MR) is 123 cm³/mol. The highest BCUT2D eigenvalue weighted by Crippen LogP contribution is 2.37. The van der Waals surface area contributed by atoms with Gasteiger partial charge in [0.2, 0.25) is 0 Å². The summed E-state index contributed by atoms with van der Waals surface area (Å²) in [7, 11) is 3.25. The third-order valence-corrected chi connectivity index (χ3v) is 5.59. The van der Waals surface area contributed by atoms with E-state index in [0.29, 0.717) is 17.4 Å². The molecular formula is C21H20N6O2S. The third-order valence-electron chi connectivity index (χ3n) is 4.64. The number of nitrogens with zero attached hydrogens (tertiary/aromatic N) is 3. The second-order valence-corrected chi connectivity index (χ2v) is 7.21. The summed E-state index contributed by atoms with van der Waals surface area (Å²) in [6.45, 7) is 3.42. The first-order chi connectivity index (χ1) is 14.7. The molecule has 2 aromatic carbocycles. The summed E-state index contributed by atoms with van der Waals surface area (Å²) in [5.74, 6) is 8.01. The van der Waals surface area contributed by atoms with Crippen LogP contribution in [0.5, 0.6) is 11.5 Å². The Morgan fingerprint density at radius 3 is 2.70 bits per heavy atom. The number of anilines is 2. The van der Waals surface area contributed by atoms with E-state index in [1.165, 1.54) is 0 Å². The molecule has 0 saturated carbocycles. The van der Waals surface area contributed by atoms with Crippen LogP contribution < -0.4 is 26.1 Å². The average molecular weight is 420 g/mol. The lowest BCUT2D eigenvalue weighted by Crippen LogP contribution is -2.20. The molecule has 0 aliphatic carbocycles. The topological polar surface area (TPSA) is 106 Å². The van der Waals surface area contributed by atoms with Crippen LogP contribution in [0.2, 0.25) is 0 Å². The van der Waals surface area contributed by atoms with Gasteiger partial charge in [-0.3, -0.25) is 5.43 Å². The van der Waals surface area contributed by atoms with E-state index in [1.54, 1.807) is 25.6 Å². The number of hydrogen-bond donors (Lipinski definition) is 3. The zero-order chi connectivity index (χ0) is 21.1. The first-order valence-corrected chi connectivity index (χ1v) is 9.86. The molecule has 0 bridgehead atoms. The first kappa shape index (κ1) is 19.5. The molecule has 2 heterocycles. The van der Waals surface area contributed by atoms with Crippen LogP contribution in [0, 0.1) is 0 Å². The Bertz CT molecular complexity index is 1270. The number of amidine groups is 1. The minimum Gasteiger partial charge on any atom is -0.497 e. The fraction of sp³-hybridized carbons (Fsp3) is 0.0952. The SMILES string of the molecule is C=NNC(=NN)c1ccc2c(c1)nc(Nc1cc(OC)ccc1OC)c1ccsc12. The molecule has 9 heteroatoms. The molecule has 0 aliphatic rings. The summed E-state index contributed by atoms with van der Waals surface area (Å²) in [5.41, 5.74) is 5.00. The van der Waals surface area contributed by atoms with E-state index in [0.717, 1.165) is 38.0 Å². The number of pyridine rings is 1. The van der Waals surface area contributed by atoms with E-state index in [9.17, 15) is 0 Å². The maximum atomic E-state index is 5.49. The maximum Gasteiger partial charge on any atom is 0.173 e. The van der Waals surface area contributed by atoms with Gasteiger partial charge in [-0.2, -0.15) is 10.2 Å². The van der Waals surface area contributed by atoms with Crippen molar-refractivity contribution in [3.05, 3.63) is 53.4 Å². The first-order valence-electron chi connectivity index (χ1n) is 8.98. The highest BCUT2D eigenvalue weighted by atomic mass is 32.1. The predicted octanol–water partition coefficient (Wildman–Crippen LogP) is 4.04. The molecule has 4 N–H and O–H groups in total. The van der Waals surface area contributed by atoms with Gasteiger partial charge in [0, 0.05) is 33.8 Å². The minimum absolute atomic E-state index is 0.406. The van der Waals surface area contributed by atoms with E-state index in [-0.39, 0.29) is 0 Å². The van der Waals surface area contributed by atoms with Crippen molar-refractivity contribution in [2.24, 2.45) is 16.0 Å². The largest absolute Gasteiger partial charge is 0.497 e. The summed E-state index contributed by atoms with van der Waals surface area (Å²) in [6, 6.07) is 13.4. The van der Waals surface area contributed by atoms with E-state index < -0.39 is 0 Å². The molecular weight excluding hydrogens is 400 g/mol. The smallest absolute Gasteiger partial charge is 0.173 e. The maximum absolute atomic E-state index is 5.49. The number of thiophene rings is 1. The monoisotopic (exact) mass is 420 g/mol. The molecule has 4 aromatic rings. The lowest BCUT2D eigenvalue weighted by molar-refractivity contribution is 0.405. The summed E-state index contributed by atoms with van der Waals surface area (Å²) in [4.78, 5) is 4.87. The van der Waals surface area contributed by atoms with Gasteiger partial charge in [0.05, 0.1) is 25.4 Å².